The molecule has 38 heavy (non-hydrogen) atoms. The standard InChI is InChI=1S/C31H36FN5O/c1-35(22-24-9-3-2-4-10-24)18-8-17-33-30(38)26-15-19-36(20-16-26)31-34-28-13-5-6-14-29(28)37(31)23-25-11-7-12-27(32)21-25/h2-7,9-14,21,26H,8,15-20,22-23H2,1H3,(H,33,38). The van der Waals surface area contributed by atoms with Crippen LogP contribution in [-0.2, 0) is 17.9 Å². The van der Waals surface area contributed by atoms with E-state index in [1.54, 1.807) is 12.1 Å². The maximum atomic E-state index is 13.8. The van der Waals surface area contributed by atoms with Crippen LogP contribution in [0.5, 0.6) is 0 Å². The molecule has 5 rings (SSSR count). The van der Waals surface area contributed by atoms with Crippen molar-refractivity contribution in [2.24, 2.45) is 5.92 Å². The third-order valence-corrected chi connectivity index (χ3v) is 7.32. The molecule has 1 aromatic heterocycles. The van der Waals surface area contributed by atoms with Crippen LogP contribution in [0.15, 0.2) is 78.9 Å². The minimum absolute atomic E-state index is 0.0225. The molecule has 1 saturated heterocycles. The van der Waals surface area contributed by atoms with E-state index in [9.17, 15) is 9.18 Å². The number of benzene rings is 3. The van der Waals surface area contributed by atoms with Crippen molar-refractivity contribution in [1.29, 1.82) is 0 Å². The van der Waals surface area contributed by atoms with Crippen molar-refractivity contribution in [2.45, 2.75) is 32.4 Å². The predicted octanol–water partition coefficient (Wildman–Crippen LogP) is 5.08. The number of para-hydroxylation sites is 2. The highest BCUT2D eigenvalue weighted by Gasteiger charge is 2.27. The van der Waals surface area contributed by atoms with Gasteiger partial charge in [-0.2, -0.15) is 0 Å². The van der Waals surface area contributed by atoms with Crippen LogP contribution in [0.3, 0.4) is 0 Å². The van der Waals surface area contributed by atoms with Crippen LogP contribution in [-0.4, -0.2) is 53.6 Å². The minimum atomic E-state index is -0.233. The first kappa shape index (κ1) is 25.9. The molecule has 6 nitrogen and oxygen atoms in total. The average Bonchev–Trinajstić information content (AvgIpc) is 3.30. The van der Waals surface area contributed by atoms with Crippen molar-refractivity contribution < 1.29 is 9.18 Å². The lowest BCUT2D eigenvalue weighted by Crippen LogP contribution is -2.42. The molecular formula is C31H36FN5O. The molecule has 3 aromatic carbocycles. The molecule has 2 heterocycles. The molecule has 1 N–H and O–H groups in total. The minimum Gasteiger partial charge on any atom is -0.356 e. The number of carbonyl (C=O) groups excluding carboxylic acids is 1. The second kappa shape index (κ2) is 12.2. The fourth-order valence-electron chi connectivity index (χ4n) is 5.30. The molecule has 1 fully saturated rings. The number of hydrogen-bond donors (Lipinski definition) is 1. The Labute approximate surface area is 224 Å². The Morgan fingerprint density at radius 2 is 1.74 bits per heavy atom. The second-order valence-electron chi connectivity index (χ2n) is 10.2. The van der Waals surface area contributed by atoms with E-state index in [1.165, 1.54) is 11.6 Å². The number of hydrogen-bond acceptors (Lipinski definition) is 4. The van der Waals surface area contributed by atoms with Gasteiger partial charge in [-0.1, -0.05) is 54.6 Å². The van der Waals surface area contributed by atoms with Gasteiger partial charge in [-0.05, 0) is 68.2 Å². The molecule has 0 spiro atoms. The number of aromatic nitrogens is 2. The summed E-state index contributed by atoms with van der Waals surface area (Å²) in [6.45, 7) is 4.63. The molecule has 1 aliphatic rings. The van der Waals surface area contributed by atoms with E-state index in [0.717, 1.165) is 68.0 Å². The summed E-state index contributed by atoms with van der Waals surface area (Å²) in [4.78, 5) is 22.3. The average molecular weight is 514 g/mol. The fourth-order valence-corrected chi connectivity index (χ4v) is 5.30. The van der Waals surface area contributed by atoms with Crippen molar-refractivity contribution in [1.82, 2.24) is 19.8 Å². The lowest BCUT2D eigenvalue weighted by Gasteiger charge is -2.32. The summed E-state index contributed by atoms with van der Waals surface area (Å²) in [5.41, 5.74) is 4.16. The first-order valence-electron chi connectivity index (χ1n) is 13.5. The highest BCUT2D eigenvalue weighted by Crippen LogP contribution is 2.28. The Morgan fingerprint density at radius 1 is 1.00 bits per heavy atom. The smallest absolute Gasteiger partial charge is 0.223 e. The van der Waals surface area contributed by atoms with Crippen molar-refractivity contribution in [3.05, 3.63) is 95.8 Å². The lowest BCUT2D eigenvalue weighted by atomic mass is 9.96. The summed E-state index contributed by atoms with van der Waals surface area (Å²) >= 11 is 0. The third-order valence-electron chi connectivity index (χ3n) is 7.32. The van der Waals surface area contributed by atoms with Gasteiger partial charge in [-0.15, -0.1) is 0 Å². The number of piperidine rings is 1. The Balaban J connectivity index is 1.14. The summed E-state index contributed by atoms with van der Waals surface area (Å²) in [6.07, 6.45) is 2.52. The Bertz CT molecular complexity index is 1350. The van der Waals surface area contributed by atoms with Crippen LogP contribution in [0.2, 0.25) is 0 Å². The van der Waals surface area contributed by atoms with Crippen LogP contribution in [0.25, 0.3) is 11.0 Å². The Morgan fingerprint density at radius 3 is 2.53 bits per heavy atom. The summed E-state index contributed by atoms with van der Waals surface area (Å²) in [6, 6.07) is 25.2. The van der Waals surface area contributed by atoms with Crippen molar-refractivity contribution >= 4 is 22.9 Å². The first-order chi connectivity index (χ1) is 18.6. The zero-order valence-electron chi connectivity index (χ0n) is 22.0. The normalized spacial score (nSPS) is 14.3. The number of nitrogens with one attached hydrogen (secondary N) is 1. The zero-order valence-corrected chi connectivity index (χ0v) is 22.0. The van der Waals surface area contributed by atoms with Crippen LogP contribution in [0.1, 0.15) is 30.4 Å². The third kappa shape index (κ3) is 6.40. The van der Waals surface area contributed by atoms with E-state index < -0.39 is 0 Å². The van der Waals surface area contributed by atoms with Gasteiger partial charge in [0.1, 0.15) is 5.82 Å². The van der Waals surface area contributed by atoms with Crippen molar-refractivity contribution in [3.63, 3.8) is 0 Å². The Kier molecular flexibility index (Phi) is 8.34. The molecule has 1 aliphatic heterocycles. The van der Waals surface area contributed by atoms with E-state index in [0.29, 0.717) is 13.1 Å². The maximum absolute atomic E-state index is 13.8. The molecular weight excluding hydrogens is 477 g/mol. The van der Waals surface area contributed by atoms with E-state index >= 15 is 0 Å². The van der Waals surface area contributed by atoms with Gasteiger partial charge >= 0.3 is 0 Å². The summed E-state index contributed by atoms with van der Waals surface area (Å²) in [5, 5.41) is 3.16. The molecule has 4 aromatic rings. The van der Waals surface area contributed by atoms with Gasteiger partial charge in [0.25, 0.3) is 0 Å². The number of anilines is 1. The Hall–Kier alpha value is -3.71. The van der Waals surface area contributed by atoms with Gasteiger partial charge in [0.2, 0.25) is 11.9 Å². The quantitative estimate of drug-likeness (QED) is 0.301. The number of amides is 1. The van der Waals surface area contributed by atoms with Gasteiger partial charge in [-0.3, -0.25) is 4.79 Å². The zero-order chi connectivity index (χ0) is 26.3. The van der Waals surface area contributed by atoms with Gasteiger partial charge in [0.15, 0.2) is 0 Å². The van der Waals surface area contributed by atoms with Crippen molar-refractivity contribution in [3.8, 4) is 0 Å². The SMILES string of the molecule is CN(CCCNC(=O)C1CCN(c2nc3ccccc3n2Cc2cccc(F)c2)CC1)Cc1ccccc1. The molecule has 198 valence electrons. The summed E-state index contributed by atoms with van der Waals surface area (Å²) in [7, 11) is 2.12. The van der Waals surface area contributed by atoms with E-state index in [2.05, 4.69) is 57.1 Å². The summed E-state index contributed by atoms with van der Waals surface area (Å²) < 4.78 is 16.0. The number of imidazole rings is 1. The molecule has 0 atom stereocenters. The van der Waals surface area contributed by atoms with Crippen LogP contribution < -0.4 is 10.2 Å². The van der Waals surface area contributed by atoms with E-state index in [4.69, 9.17) is 4.98 Å². The van der Waals surface area contributed by atoms with Gasteiger partial charge in [0, 0.05) is 32.1 Å². The largest absolute Gasteiger partial charge is 0.356 e. The number of halogens is 1. The maximum Gasteiger partial charge on any atom is 0.223 e. The highest BCUT2D eigenvalue weighted by molar-refractivity contribution is 5.80. The topological polar surface area (TPSA) is 53.4 Å². The summed E-state index contributed by atoms with van der Waals surface area (Å²) in [5.74, 6) is 0.830. The lowest BCUT2D eigenvalue weighted by molar-refractivity contribution is -0.125. The van der Waals surface area contributed by atoms with Crippen LogP contribution in [0, 0.1) is 11.7 Å². The number of nitrogens with zero attached hydrogens (tertiary/aromatic N) is 4. The number of carbonyl (C=O) groups is 1. The second-order valence-corrected chi connectivity index (χ2v) is 10.2. The first-order valence-corrected chi connectivity index (χ1v) is 13.5. The molecule has 0 saturated carbocycles. The highest BCUT2D eigenvalue weighted by atomic mass is 19.1. The van der Waals surface area contributed by atoms with Crippen molar-refractivity contribution in [2.75, 3.05) is 38.1 Å². The monoisotopic (exact) mass is 513 g/mol. The molecule has 0 unspecified atom stereocenters. The molecule has 1 amide bonds. The molecule has 0 bridgehead atoms. The number of fused-ring (bicyclic) bond motifs is 1. The van der Waals surface area contributed by atoms with Gasteiger partial charge < -0.3 is 19.7 Å². The van der Waals surface area contributed by atoms with Gasteiger partial charge in [-0.25, -0.2) is 9.37 Å². The van der Waals surface area contributed by atoms with Crippen LogP contribution >= 0.6 is 0 Å². The molecule has 0 radical (unpaired) electrons. The van der Waals surface area contributed by atoms with Crippen LogP contribution in [0.4, 0.5) is 10.3 Å². The predicted molar refractivity (Wildman–Crippen MR) is 151 cm³/mol. The van der Waals surface area contributed by atoms with E-state index in [1.807, 2.05) is 30.3 Å². The number of rotatable bonds is 10. The van der Waals surface area contributed by atoms with Gasteiger partial charge in [0.05, 0.1) is 17.6 Å². The fraction of sp³-hybridized carbons (Fsp3) is 0.355. The molecule has 0 aliphatic carbocycles. The molecule has 7 heteroatoms. The van der Waals surface area contributed by atoms with E-state index in [-0.39, 0.29) is 17.6 Å².